The Morgan fingerprint density at radius 1 is 0.662 bits per heavy atom. The van der Waals surface area contributed by atoms with Gasteiger partial charge in [-0.1, -0.05) is 37.0 Å². The fraction of sp³-hybridized carbons (Fsp3) is 0.600. The number of halogens is 2. The molecule has 18 heteroatoms. The number of carboxylic acids is 1. The summed E-state index contributed by atoms with van der Waals surface area (Å²) in [4.78, 5) is 106. The number of ether oxygens (including phenoxy) is 1. The van der Waals surface area contributed by atoms with Crippen molar-refractivity contribution in [2.45, 2.75) is 154 Å². The van der Waals surface area contributed by atoms with Crippen LogP contribution in [0.1, 0.15) is 124 Å². The number of rotatable bonds is 16. The third-order valence-corrected chi connectivity index (χ3v) is 14.1. The molecule has 0 bridgehead atoms. The molecule has 16 nitrogen and oxygen atoms in total. The van der Waals surface area contributed by atoms with E-state index in [0.717, 1.165) is 45.4 Å². The molecular formula is C50H68Cl2N6O10. The Labute approximate surface area is 409 Å². The van der Waals surface area contributed by atoms with Crippen molar-refractivity contribution >= 4 is 81.7 Å². The standard InChI is InChI=1S/C27H38ClN3O5.C23H30ClN3O5/c1-6-19-15-20(7-8-21(19)28)31-14-13-30(17-18(31)2)24(34)9-11-27(22(32)16-23(33)29-27)12-10-25(35)36-26(3,4)5;1-3-16-12-17(4-5-18(16)24)27-11-10-26(14-15(27)2)21(30)6-8-23(9-7-22(31)32)19(28)13-20(29)25-23/h7-8,15,18H,6,9-14,16-17H2,1-5H3,(H,29,33);4-5,12,15H,3,6-11,13-14H2,1-2H3,(H,25,29)(H,31,32)/t18-,27?;15-,23?/m00/s1. The number of aliphatic carboxylic acids is 1. The number of anilines is 2. The molecule has 68 heavy (non-hydrogen) atoms. The van der Waals surface area contributed by atoms with E-state index in [2.05, 4.69) is 60.3 Å². The second-order valence-electron chi connectivity index (χ2n) is 19.5. The summed E-state index contributed by atoms with van der Waals surface area (Å²) in [6.45, 7) is 17.2. The fourth-order valence-electron chi connectivity index (χ4n) is 9.59. The molecule has 372 valence electrons. The minimum Gasteiger partial charge on any atom is -0.481 e. The SMILES string of the molecule is CCc1cc(N2CCN(C(=O)CCC3(CCC(=O)O)NC(=O)CC3=O)C[C@@H]2C)ccc1Cl.CCc1cc(N2CCN(C(=O)CCC3(CCC(=O)OC(C)(C)C)NC(=O)CC3=O)C[C@@H]2C)ccc1Cl. The van der Waals surface area contributed by atoms with Crippen LogP contribution in [0.5, 0.6) is 0 Å². The number of amides is 4. The largest absolute Gasteiger partial charge is 0.481 e. The highest BCUT2D eigenvalue weighted by Gasteiger charge is 2.47. The van der Waals surface area contributed by atoms with Gasteiger partial charge in [-0.3, -0.25) is 38.4 Å². The summed E-state index contributed by atoms with van der Waals surface area (Å²) in [5.41, 5.74) is 1.28. The van der Waals surface area contributed by atoms with Crippen molar-refractivity contribution in [1.82, 2.24) is 20.4 Å². The van der Waals surface area contributed by atoms with Crippen molar-refractivity contribution in [3.05, 3.63) is 57.6 Å². The number of hydrogen-bond acceptors (Lipinski definition) is 11. The Hall–Kier alpha value is -5.22. The number of aryl methyl sites for hydroxylation is 2. The highest BCUT2D eigenvalue weighted by atomic mass is 35.5. The lowest BCUT2D eigenvalue weighted by Gasteiger charge is -2.41. The van der Waals surface area contributed by atoms with E-state index in [4.69, 9.17) is 33.0 Å². The van der Waals surface area contributed by atoms with Gasteiger partial charge in [0.25, 0.3) is 0 Å². The van der Waals surface area contributed by atoms with Crippen LogP contribution in [0.15, 0.2) is 36.4 Å². The maximum absolute atomic E-state index is 13.1. The molecule has 0 aromatic heterocycles. The average molecular weight is 984 g/mol. The number of nitrogens with zero attached hydrogens (tertiary/aromatic N) is 4. The Balaban J connectivity index is 0.000000256. The van der Waals surface area contributed by atoms with Crippen LogP contribution in [0.4, 0.5) is 11.4 Å². The average Bonchev–Trinajstić information content (AvgIpc) is 3.73. The summed E-state index contributed by atoms with van der Waals surface area (Å²) in [5.74, 6) is -3.00. The number of carbonyl (C=O) groups excluding carboxylic acids is 7. The van der Waals surface area contributed by atoms with Gasteiger partial charge in [-0.25, -0.2) is 0 Å². The smallest absolute Gasteiger partial charge is 0.306 e. The van der Waals surface area contributed by atoms with Crippen molar-refractivity contribution in [2.24, 2.45) is 0 Å². The van der Waals surface area contributed by atoms with Crippen LogP contribution < -0.4 is 20.4 Å². The molecule has 2 aromatic rings. The lowest BCUT2D eigenvalue weighted by molar-refractivity contribution is -0.155. The van der Waals surface area contributed by atoms with E-state index in [1.165, 1.54) is 0 Å². The van der Waals surface area contributed by atoms with Crippen LogP contribution in [0.2, 0.25) is 10.0 Å². The molecule has 4 saturated heterocycles. The number of piperazine rings is 2. The minimum atomic E-state index is -1.25. The second-order valence-corrected chi connectivity index (χ2v) is 20.3. The molecule has 4 fully saturated rings. The molecular weight excluding hydrogens is 915 g/mol. The monoisotopic (exact) mass is 982 g/mol. The number of carbonyl (C=O) groups is 8. The molecule has 3 N–H and O–H groups in total. The first kappa shape index (κ1) is 53.7. The fourth-order valence-corrected chi connectivity index (χ4v) is 10.1. The molecule has 0 radical (unpaired) electrons. The predicted octanol–water partition coefficient (Wildman–Crippen LogP) is 6.08. The predicted molar refractivity (Wildman–Crippen MR) is 260 cm³/mol. The molecule has 4 amide bonds. The van der Waals surface area contributed by atoms with E-state index in [0.29, 0.717) is 39.3 Å². The summed E-state index contributed by atoms with van der Waals surface area (Å²) < 4.78 is 5.35. The quantitative estimate of drug-likeness (QED) is 0.129. The number of esters is 1. The van der Waals surface area contributed by atoms with E-state index < -0.39 is 34.5 Å². The number of ketones is 2. The lowest BCUT2D eigenvalue weighted by Crippen LogP contribution is -2.54. The zero-order valence-electron chi connectivity index (χ0n) is 40.5. The van der Waals surface area contributed by atoms with E-state index >= 15 is 0 Å². The highest BCUT2D eigenvalue weighted by Crippen LogP contribution is 2.32. The molecule has 0 spiro atoms. The zero-order valence-corrected chi connectivity index (χ0v) is 42.0. The maximum Gasteiger partial charge on any atom is 0.306 e. The van der Waals surface area contributed by atoms with Gasteiger partial charge < -0.3 is 40.1 Å². The van der Waals surface area contributed by atoms with Gasteiger partial charge in [-0.15, -0.1) is 0 Å². The second kappa shape index (κ2) is 22.9. The van der Waals surface area contributed by atoms with Crippen molar-refractivity contribution in [3.8, 4) is 0 Å². The first-order chi connectivity index (χ1) is 32.0. The van der Waals surface area contributed by atoms with Gasteiger partial charge in [0.15, 0.2) is 11.6 Å². The van der Waals surface area contributed by atoms with Gasteiger partial charge in [-0.2, -0.15) is 0 Å². The Bertz CT molecular complexity index is 2250. The Morgan fingerprint density at radius 2 is 1.06 bits per heavy atom. The van der Waals surface area contributed by atoms with Crippen LogP contribution in [-0.2, 0) is 55.9 Å². The van der Waals surface area contributed by atoms with Gasteiger partial charge in [0, 0.05) is 98.5 Å². The van der Waals surface area contributed by atoms with Crippen LogP contribution in [0, 0.1) is 0 Å². The molecule has 4 aliphatic rings. The van der Waals surface area contributed by atoms with Gasteiger partial charge in [0.2, 0.25) is 23.6 Å². The minimum absolute atomic E-state index is 0.000690. The molecule has 2 unspecified atom stereocenters. The van der Waals surface area contributed by atoms with E-state index in [1.807, 2.05) is 29.2 Å². The van der Waals surface area contributed by atoms with E-state index in [-0.39, 0.29) is 106 Å². The molecule has 0 saturated carbocycles. The summed E-state index contributed by atoms with van der Waals surface area (Å²) in [6.07, 6.45) is 1.59. The topological polar surface area (TPSA) is 203 Å². The number of Topliss-reactive ketones (excluding diaryl/α,β-unsaturated/α-hetero) is 2. The van der Waals surface area contributed by atoms with Crippen molar-refractivity contribution in [1.29, 1.82) is 0 Å². The molecule has 6 rings (SSSR count). The summed E-state index contributed by atoms with van der Waals surface area (Å²) in [6, 6.07) is 12.3. The third-order valence-electron chi connectivity index (χ3n) is 13.4. The molecule has 4 atom stereocenters. The first-order valence-electron chi connectivity index (χ1n) is 23.8. The molecule has 0 aliphatic carbocycles. The Kier molecular flexibility index (Phi) is 18.1. The highest BCUT2D eigenvalue weighted by molar-refractivity contribution is 6.31. The summed E-state index contributed by atoms with van der Waals surface area (Å²) in [7, 11) is 0. The van der Waals surface area contributed by atoms with Crippen LogP contribution in [0.3, 0.4) is 0 Å². The van der Waals surface area contributed by atoms with Crippen molar-refractivity contribution in [2.75, 3.05) is 49.1 Å². The Morgan fingerprint density at radius 3 is 1.40 bits per heavy atom. The molecule has 4 heterocycles. The van der Waals surface area contributed by atoms with Crippen LogP contribution in [0.25, 0.3) is 0 Å². The van der Waals surface area contributed by atoms with Crippen LogP contribution >= 0.6 is 23.2 Å². The van der Waals surface area contributed by atoms with E-state index in [1.54, 1.807) is 25.7 Å². The number of nitrogens with one attached hydrogen (secondary N) is 2. The maximum atomic E-state index is 13.1. The zero-order chi connectivity index (χ0) is 50.1. The van der Waals surface area contributed by atoms with Crippen molar-refractivity contribution < 1.29 is 48.2 Å². The van der Waals surface area contributed by atoms with Crippen LogP contribution in [-0.4, -0.2) is 130 Å². The number of hydrogen-bond donors (Lipinski definition) is 3. The normalized spacial score (nSPS) is 23.0. The number of carboxylic acid groups (broad SMARTS) is 1. The lowest BCUT2D eigenvalue weighted by atomic mass is 9.85. The van der Waals surface area contributed by atoms with E-state index in [9.17, 15) is 38.4 Å². The molecule has 2 aromatic carbocycles. The third kappa shape index (κ3) is 13.7. The molecule has 4 aliphatic heterocycles. The summed E-state index contributed by atoms with van der Waals surface area (Å²) >= 11 is 12.5. The first-order valence-corrected chi connectivity index (χ1v) is 24.5. The summed E-state index contributed by atoms with van der Waals surface area (Å²) in [5, 5.41) is 15.9. The van der Waals surface area contributed by atoms with Gasteiger partial charge >= 0.3 is 11.9 Å². The van der Waals surface area contributed by atoms with Gasteiger partial charge in [0.05, 0.1) is 12.8 Å². The van der Waals surface area contributed by atoms with Crippen molar-refractivity contribution in [3.63, 3.8) is 0 Å². The van der Waals surface area contributed by atoms with Gasteiger partial charge in [0.1, 0.15) is 16.7 Å². The number of benzene rings is 2. The van der Waals surface area contributed by atoms with Gasteiger partial charge in [-0.05, 0) is 121 Å².